The number of hydrogen-bond acceptors (Lipinski definition) is 0. The lowest BCUT2D eigenvalue weighted by Gasteiger charge is -2.08. The third-order valence-corrected chi connectivity index (χ3v) is 5.05. The molecule has 0 radical (unpaired) electrons. The van der Waals surface area contributed by atoms with Crippen LogP contribution in [0.15, 0.2) is 77.3 Å². The summed E-state index contributed by atoms with van der Waals surface area (Å²) in [5, 5.41) is 1.20. The highest BCUT2D eigenvalue weighted by atomic mass is 79.9. The molecule has 3 aromatic carbocycles. The molecule has 118 valence electrons. The van der Waals surface area contributed by atoms with Gasteiger partial charge in [0.15, 0.2) is 0 Å². The summed E-state index contributed by atoms with van der Waals surface area (Å²) in [6, 6.07) is 23.2. The third-order valence-electron chi connectivity index (χ3n) is 4.27. The van der Waals surface area contributed by atoms with Gasteiger partial charge in [0.25, 0.3) is 0 Å². The van der Waals surface area contributed by atoms with Crippen LogP contribution < -0.4 is 0 Å². The summed E-state index contributed by atoms with van der Waals surface area (Å²) in [4.78, 5) is 3.50. The number of para-hydroxylation sites is 1. The highest BCUT2D eigenvalue weighted by molar-refractivity contribution is 9.10. The lowest BCUT2D eigenvalue weighted by atomic mass is 9.98. The van der Waals surface area contributed by atoms with Crippen molar-refractivity contribution in [2.45, 2.75) is 6.42 Å². The normalized spacial score (nSPS) is 11.1. The standard InChI is InChI=1S/C21H15BrFN/c22-19-7-3-1-5-15(19)13-18-17-6-2-4-8-20(17)24-21(18)14-9-11-16(23)12-10-14/h1-12,24H,13H2. The molecule has 0 aliphatic rings. The Kier molecular flexibility index (Phi) is 3.95. The zero-order chi connectivity index (χ0) is 16.5. The monoisotopic (exact) mass is 379 g/mol. The number of aromatic amines is 1. The number of fused-ring (bicyclic) bond motifs is 1. The van der Waals surface area contributed by atoms with Crippen LogP contribution in [0.2, 0.25) is 0 Å². The molecule has 0 aliphatic heterocycles. The first-order valence-electron chi connectivity index (χ1n) is 7.81. The van der Waals surface area contributed by atoms with Crippen LogP contribution in [0.5, 0.6) is 0 Å². The zero-order valence-electron chi connectivity index (χ0n) is 12.9. The van der Waals surface area contributed by atoms with Gasteiger partial charge in [0.1, 0.15) is 5.82 Å². The number of H-pyrrole nitrogens is 1. The second kappa shape index (κ2) is 6.25. The van der Waals surface area contributed by atoms with E-state index in [0.29, 0.717) is 0 Å². The topological polar surface area (TPSA) is 15.8 Å². The van der Waals surface area contributed by atoms with Gasteiger partial charge in [0, 0.05) is 21.8 Å². The molecular formula is C21H15BrFN. The first-order valence-corrected chi connectivity index (χ1v) is 8.60. The minimum absolute atomic E-state index is 0.220. The van der Waals surface area contributed by atoms with Gasteiger partial charge in [0.2, 0.25) is 0 Å². The van der Waals surface area contributed by atoms with Gasteiger partial charge in [-0.05, 0) is 53.1 Å². The summed E-state index contributed by atoms with van der Waals surface area (Å²) in [6.07, 6.45) is 0.804. The molecule has 4 rings (SSSR count). The Bertz CT molecular complexity index is 1000. The zero-order valence-corrected chi connectivity index (χ0v) is 14.5. The Morgan fingerprint density at radius 2 is 1.54 bits per heavy atom. The maximum atomic E-state index is 13.3. The fourth-order valence-electron chi connectivity index (χ4n) is 3.08. The number of hydrogen-bond donors (Lipinski definition) is 1. The van der Waals surface area contributed by atoms with E-state index in [1.807, 2.05) is 36.4 Å². The first kappa shape index (κ1) is 15.2. The van der Waals surface area contributed by atoms with Gasteiger partial charge in [-0.15, -0.1) is 0 Å². The maximum absolute atomic E-state index is 13.3. The molecule has 1 N–H and O–H groups in total. The van der Waals surface area contributed by atoms with Crippen molar-refractivity contribution in [2.75, 3.05) is 0 Å². The summed E-state index contributed by atoms with van der Waals surface area (Å²) in [6.45, 7) is 0. The third kappa shape index (κ3) is 2.76. The van der Waals surface area contributed by atoms with Gasteiger partial charge in [-0.25, -0.2) is 4.39 Å². The molecule has 0 saturated heterocycles. The molecule has 0 atom stereocenters. The van der Waals surface area contributed by atoms with Gasteiger partial charge >= 0.3 is 0 Å². The fraction of sp³-hybridized carbons (Fsp3) is 0.0476. The Morgan fingerprint density at radius 3 is 2.33 bits per heavy atom. The first-order chi connectivity index (χ1) is 11.7. The predicted octanol–water partition coefficient (Wildman–Crippen LogP) is 6.33. The summed E-state index contributed by atoms with van der Waals surface area (Å²) in [5.41, 5.74) is 5.59. The van der Waals surface area contributed by atoms with Crippen molar-refractivity contribution >= 4 is 26.8 Å². The van der Waals surface area contributed by atoms with E-state index in [4.69, 9.17) is 0 Å². The molecule has 0 amide bonds. The van der Waals surface area contributed by atoms with Crippen molar-refractivity contribution in [2.24, 2.45) is 0 Å². The van der Waals surface area contributed by atoms with Gasteiger partial charge < -0.3 is 4.98 Å². The predicted molar refractivity (Wildman–Crippen MR) is 101 cm³/mol. The fourth-order valence-corrected chi connectivity index (χ4v) is 3.50. The number of nitrogens with one attached hydrogen (secondary N) is 1. The van der Waals surface area contributed by atoms with Crippen LogP contribution in [0.3, 0.4) is 0 Å². The van der Waals surface area contributed by atoms with Crippen LogP contribution in [0, 0.1) is 5.82 Å². The molecule has 4 aromatic rings. The van der Waals surface area contributed by atoms with Crippen molar-refractivity contribution in [1.82, 2.24) is 4.98 Å². The number of aromatic nitrogens is 1. The van der Waals surface area contributed by atoms with Gasteiger partial charge in [0.05, 0.1) is 5.69 Å². The molecule has 0 saturated carbocycles. The van der Waals surface area contributed by atoms with Crippen LogP contribution >= 0.6 is 15.9 Å². The lowest BCUT2D eigenvalue weighted by Crippen LogP contribution is -1.92. The Balaban J connectivity index is 1.90. The number of benzene rings is 3. The molecule has 1 heterocycles. The molecule has 0 spiro atoms. The second-order valence-electron chi connectivity index (χ2n) is 5.80. The van der Waals surface area contributed by atoms with Crippen molar-refractivity contribution < 1.29 is 4.39 Å². The highest BCUT2D eigenvalue weighted by Gasteiger charge is 2.14. The molecule has 1 nitrogen and oxygen atoms in total. The van der Waals surface area contributed by atoms with Gasteiger partial charge in [-0.3, -0.25) is 0 Å². The highest BCUT2D eigenvalue weighted by Crippen LogP contribution is 2.33. The SMILES string of the molecule is Fc1ccc(-c2[nH]c3ccccc3c2Cc2ccccc2Br)cc1. The van der Waals surface area contributed by atoms with E-state index in [2.05, 4.69) is 45.2 Å². The second-order valence-corrected chi connectivity index (χ2v) is 6.65. The average molecular weight is 380 g/mol. The van der Waals surface area contributed by atoms with E-state index >= 15 is 0 Å². The van der Waals surface area contributed by atoms with E-state index in [9.17, 15) is 4.39 Å². The number of rotatable bonds is 3. The molecule has 3 heteroatoms. The van der Waals surface area contributed by atoms with E-state index < -0.39 is 0 Å². The van der Waals surface area contributed by atoms with Crippen molar-refractivity contribution in [1.29, 1.82) is 0 Å². The maximum Gasteiger partial charge on any atom is 0.123 e. The smallest absolute Gasteiger partial charge is 0.123 e. The Hall–Kier alpha value is -2.39. The van der Waals surface area contributed by atoms with Crippen molar-refractivity contribution in [3.8, 4) is 11.3 Å². The molecule has 1 aromatic heterocycles. The van der Waals surface area contributed by atoms with Crippen LogP contribution in [0.1, 0.15) is 11.1 Å². The molecule has 0 unspecified atom stereocenters. The molecule has 0 bridgehead atoms. The minimum atomic E-state index is -0.220. The lowest BCUT2D eigenvalue weighted by molar-refractivity contribution is 0.628. The quantitative estimate of drug-likeness (QED) is 0.428. The summed E-state index contributed by atoms with van der Waals surface area (Å²) in [7, 11) is 0. The number of halogens is 2. The Labute approximate surface area is 148 Å². The van der Waals surface area contributed by atoms with Crippen LogP contribution in [0.25, 0.3) is 22.2 Å². The summed E-state index contributed by atoms with van der Waals surface area (Å²) < 4.78 is 14.4. The average Bonchev–Trinajstić information content (AvgIpc) is 2.96. The van der Waals surface area contributed by atoms with Crippen LogP contribution in [-0.2, 0) is 6.42 Å². The van der Waals surface area contributed by atoms with E-state index in [1.165, 1.54) is 28.6 Å². The minimum Gasteiger partial charge on any atom is -0.354 e. The Morgan fingerprint density at radius 1 is 0.833 bits per heavy atom. The van der Waals surface area contributed by atoms with E-state index in [-0.39, 0.29) is 5.82 Å². The molecule has 0 fully saturated rings. The summed E-state index contributed by atoms with van der Waals surface area (Å²) in [5.74, 6) is -0.220. The van der Waals surface area contributed by atoms with E-state index in [0.717, 1.165) is 27.7 Å². The van der Waals surface area contributed by atoms with Crippen molar-refractivity contribution in [3.63, 3.8) is 0 Å². The van der Waals surface area contributed by atoms with Crippen LogP contribution in [0.4, 0.5) is 4.39 Å². The van der Waals surface area contributed by atoms with Crippen molar-refractivity contribution in [3.05, 3.63) is 94.2 Å². The van der Waals surface area contributed by atoms with E-state index in [1.54, 1.807) is 0 Å². The van der Waals surface area contributed by atoms with Gasteiger partial charge in [-0.1, -0.05) is 52.3 Å². The molecule has 24 heavy (non-hydrogen) atoms. The summed E-state index contributed by atoms with van der Waals surface area (Å²) >= 11 is 3.64. The van der Waals surface area contributed by atoms with Crippen LogP contribution in [-0.4, -0.2) is 4.98 Å². The molecular weight excluding hydrogens is 365 g/mol. The van der Waals surface area contributed by atoms with Gasteiger partial charge in [-0.2, -0.15) is 0 Å². The largest absolute Gasteiger partial charge is 0.354 e. The molecule has 0 aliphatic carbocycles.